The summed E-state index contributed by atoms with van der Waals surface area (Å²) in [7, 11) is 0. The average molecular weight is 253 g/mol. The fourth-order valence-corrected chi connectivity index (χ4v) is 3.07. The van der Waals surface area contributed by atoms with Crippen LogP contribution in [0, 0.1) is 5.41 Å². The first kappa shape index (κ1) is 13.8. The number of nitrogens with zero attached hydrogens (tertiary/aromatic N) is 1. The molecule has 2 rings (SSSR count). The summed E-state index contributed by atoms with van der Waals surface area (Å²) in [5.41, 5.74) is 5.91. The van der Waals surface area contributed by atoms with Crippen LogP contribution in [0.15, 0.2) is 0 Å². The standard InChI is InChI=1S/C14H27N3O/c15-12-14(5-3-6-14)11-13(18)16-7-4-10-17-8-1-2-9-17/h1-12,15H2,(H,16,18). The molecule has 0 unspecified atom stereocenters. The van der Waals surface area contributed by atoms with Crippen LogP contribution in [0.1, 0.15) is 44.9 Å². The maximum Gasteiger partial charge on any atom is 0.220 e. The van der Waals surface area contributed by atoms with E-state index < -0.39 is 0 Å². The van der Waals surface area contributed by atoms with E-state index in [1.165, 1.54) is 32.4 Å². The van der Waals surface area contributed by atoms with Crippen molar-refractivity contribution in [3.63, 3.8) is 0 Å². The Balaban J connectivity index is 1.54. The zero-order valence-corrected chi connectivity index (χ0v) is 11.4. The van der Waals surface area contributed by atoms with E-state index in [-0.39, 0.29) is 11.3 Å². The highest BCUT2D eigenvalue weighted by atomic mass is 16.1. The number of rotatable bonds is 7. The quantitative estimate of drug-likeness (QED) is 0.668. The SMILES string of the molecule is NCC1(CC(=O)NCCCN2CCCC2)CCC1. The Morgan fingerprint density at radius 3 is 2.50 bits per heavy atom. The zero-order valence-electron chi connectivity index (χ0n) is 11.4. The molecule has 18 heavy (non-hydrogen) atoms. The van der Waals surface area contributed by atoms with Gasteiger partial charge in [-0.2, -0.15) is 0 Å². The fraction of sp³-hybridized carbons (Fsp3) is 0.929. The highest BCUT2D eigenvalue weighted by Gasteiger charge is 2.37. The van der Waals surface area contributed by atoms with Gasteiger partial charge in [0.05, 0.1) is 0 Å². The summed E-state index contributed by atoms with van der Waals surface area (Å²) in [6, 6.07) is 0. The molecule has 0 spiro atoms. The van der Waals surface area contributed by atoms with Gasteiger partial charge in [0.15, 0.2) is 0 Å². The van der Waals surface area contributed by atoms with Gasteiger partial charge < -0.3 is 16.0 Å². The monoisotopic (exact) mass is 253 g/mol. The largest absolute Gasteiger partial charge is 0.356 e. The molecule has 0 aromatic heterocycles. The molecule has 2 fully saturated rings. The molecule has 0 atom stereocenters. The van der Waals surface area contributed by atoms with Crippen molar-refractivity contribution in [1.29, 1.82) is 0 Å². The Morgan fingerprint density at radius 1 is 1.22 bits per heavy atom. The van der Waals surface area contributed by atoms with E-state index in [0.29, 0.717) is 13.0 Å². The predicted molar refractivity (Wildman–Crippen MR) is 73.3 cm³/mol. The van der Waals surface area contributed by atoms with Gasteiger partial charge >= 0.3 is 0 Å². The van der Waals surface area contributed by atoms with Gasteiger partial charge in [0, 0.05) is 13.0 Å². The van der Waals surface area contributed by atoms with Gasteiger partial charge in [0.2, 0.25) is 5.91 Å². The average Bonchev–Trinajstić information content (AvgIpc) is 2.82. The summed E-state index contributed by atoms with van der Waals surface area (Å²) < 4.78 is 0. The molecule has 2 aliphatic rings. The normalized spacial score (nSPS) is 22.7. The molecule has 1 heterocycles. The molecule has 4 heteroatoms. The molecule has 1 saturated carbocycles. The van der Waals surface area contributed by atoms with E-state index in [0.717, 1.165) is 32.4 Å². The summed E-state index contributed by atoms with van der Waals surface area (Å²) in [6.45, 7) is 5.08. The summed E-state index contributed by atoms with van der Waals surface area (Å²) in [5.74, 6) is 0.196. The van der Waals surface area contributed by atoms with E-state index in [2.05, 4.69) is 10.2 Å². The van der Waals surface area contributed by atoms with Gasteiger partial charge in [-0.15, -0.1) is 0 Å². The molecule has 1 aliphatic carbocycles. The highest BCUT2D eigenvalue weighted by Crippen LogP contribution is 2.42. The van der Waals surface area contributed by atoms with Crippen LogP contribution in [-0.4, -0.2) is 43.5 Å². The maximum absolute atomic E-state index is 11.8. The minimum Gasteiger partial charge on any atom is -0.356 e. The van der Waals surface area contributed by atoms with Crippen LogP contribution in [0.25, 0.3) is 0 Å². The first-order chi connectivity index (χ1) is 8.74. The molecule has 1 saturated heterocycles. The molecule has 1 aliphatic heterocycles. The molecular weight excluding hydrogens is 226 g/mol. The Labute approximate surface area is 110 Å². The fourth-order valence-electron chi connectivity index (χ4n) is 3.07. The second kappa shape index (κ2) is 6.53. The number of nitrogens with two attached hydrogens (primary N) is 1. The number of hydrogen-bond acceptors (Lipinski definition) is 3. The zero-order chi connectivity index (χ0) is 12.8. The first-order valence-corrected chi connectivity index (χ1v) is 7.43. The lowest BCUT2D eigenvalue weighted by Gasteiger charge is -2.40. The number of carbonyl (C=O) groups excluding carboxylic acids is 1. The van der Waals surface area contributed by atoms with Crippen molar-refractivity contribution in [1.82, 2.24) is 10.2 Å². The van der Waals surface area contributed by atoms with Crippen molar-refractivity contribution in [2.24, 2.45) is 11.1 Å². The summed E-state index contributed by atoms with van der Waals surface area (Å²) in [4.78, 5) is 14.3. The number of amides is 1. The van der Waals surface area contributed by atoms with Crippen LogP contribution < -0.4 is 11.1 Å². The molecule has 4 nitrogen and oxygen atoms in total. The first-order valence-electron chi connectivity index (χ1n) is 7.43. The van der Waals surface area contributed by atoms with Crippen molar-refractivity contribution in [3.05, 3.63) is 0 Å². The lowest BCUT2D eigenvalue weighted by molar-refractivity contribution is -0.124. The predicted octanol–water partition coefficient (Wildman–Crippen LogP) is 1.11. The van der Waals surface area contributed by atoms with Gasteiger partial charge in [0.1, 0.15) is 0 Å². The smallest absolute Gasteiger partial charge is 0.220 e. The van der Waals surface area contributed by atoms with Crippen LogP contribution in [0.3, 0.4) is 0 Å². The third-order valence-corrected chi connectivity index (χ3v) is 4.55. The lowest BCUT2D eigenvalue weighted by Crippen LogP contribution is -2.42. The Bertz CT molecular complexity index is 265. The van der Waals surface area contributed by atoms with Crippen molar-refractivity contribution in [2.75, 3.05) is 32.7 Å². The topological polar surface area (TPSA) is 58.4 Å². The van der Waals surface area contributed by atoms with Crippen molar-refractivity contribution in [3.8, 4) is 0 Å². The molecule has 1 amide bonds. The van der Waals surface area contributed by atoms with E-state index in [1.54, 1.807) is 0 Å². The lowest BCUT2D eigenvalue weighted by atomic mass is 9.66. The molecule has 0 radical (unpaired) electrons. The number of nitrogens with one attached hydrogen (secondary N) is 1. The Kier molecular flexibility index (Phi) is 5.01. The molecule has 0 aromatic carbocycles. The summed E-state index contributed by atoms with van der Waals surface area (Å²) in [6.07, 6.45) is 7.88. The molecule has 3 N–H and O–H groups in total. The van der Waals surface area contributed by atoms with E-state index in [9.17, 15) is 4.79 Å². The van der Waals surface area contributed by atoms with Crippen molar-refractivity contribution < 1.29 is 4.79 Å². The third kappa shape index (κ3) is 3.69. The van der Waals surface area contributed by atoms with Crippen LogP contribution >= 0.6 is 0 Å². The molecule has 0 aromatic rings. The van der Waals surface area contributed by atoms with E-state index in [4.69, 9.17) is 5.73 Å². The molecule has 104 valence electrons. The van der Waals surface area contributed by atoms with Gasteiger partial charge in [-0.1, -0.05) is 6.42 Å². The molecule has 0 bridgehead atoms. The van der Waals surface area contributed by atoms with Crippen LogP contribution in [0.2, 0.25) is 0 Å². The Morgan fingerprint density at radius 2 is 1.94 bits per heavy atom. The van der Waals surface area contributed by atoms with Gasteiger partial charge in [-0.25, -0.2) is 0 Å². The molecular formula is C14H27N3O. The summed E-state index contributed by atoms with van der Waals surface area (Å²) in [5, 5.41) is 3.04. The van der Waals surface area contributed by atoms with Gasteiger partial charge in [-0.05, 0) is 63.7 Å². The minimum absolute atomic E-state index is 0.138. The number of hydrogen-bond donors (Lipinski definition) is 2. The summed E-state index contributed by atoms with van der Waals surface area (Å²) >= 11 is 0. The van der Waals surface area contributed by atoms with E-state index in [1.807, 2.05) is 0 Å². The highest BCUT2D eigenvalue weighted by molar-refractivity contribution is 5.76. The minimum atomic E-state index is 0.138. The second-order valence-electron chi connectivity index (χ2n) is 5.99. The number of likely N-dealkylation sites (tertiary alicyclic amines) is 1. The van der Waals surface area contributed by atoms with Crippen molar-refractivity contribution >= 4 is 5.91 Å². The van der Waals surface area contributed by atoms with Crippen LogP contribution in [0.4, 0.5) is 0 Å². The van der Waals surface area contributed by atoms with E-state index >= 15 is 0 Å². The third-order valence-electron chi connectivity index (χ3n) is 4.55. The van der Waals surface area contributed by atoms with Gasteiger partial charge in [0.25, 0.3) is 0 Å². The second-order valence-corrected chi connectivity index (χ2v) is 5.99. The van der Waals surface area contributed by atoms with Crippen LogP contribution in [0.5, 0.6) is 0 Å². The number of carbonyl (C=O) groups is 1. The maximum atomic E-state index is 11.8. The van der Waals surface area contributed by atoms with Crippen LogP contribution in [-0.2, 0) is 4.79 Å². The van der Waals surface area contributed by atoms with Crippen molar-refractivity contribution in [2.45, 2.75) is 44.9 Å². The van der Waals surface area contributed by atoms with Gasteiger partial charge in [-0.3, -0.25) is 4.79 Å². The Hall–Kier alpha value is -0.610.